The lowest BCUT2D eigenvalue weighted by Crippen LogP contribution is -2.34. The van der Waals surface area contributed by atoms with Crippen molar-refractivity contribution in [3.05, 3.63) is 66.0 Å². The number of methoxy groups -OCH3 is 1. The number of ketones is 1. The van der Waals surface area contributed by atoms with Crippen LogP contribution in [0.4, 0.5) is 0 Å². The van der Waals surface area contributed by atoms with Gasteiger partial charge in [0.15, 0.2) is 11.5 Å². The molecule has 1 fully saturated rings. The van der Waals surface area contributed by atoms with Gasteiger partial charge >= 0.3 is 5.97 Å². The van der Waals surface area contributed by atoms with Crippen LogP contribution < -0.4 is 9.47 Å². The number of aromatic amines is 1. The van der Waals surface area contributed by atoms with Gasteiger partial charge in [0.25, 0.3) is 0 Å². The van der Waals surface area contributed by atoms with E-state index in [9.17, 15) is 19.8 Å². The first kappa shape index (κ1) is 31.7. The molecule has 0 amide bonds. The molecule has 1 aromatic heterocycles. The lowest BCUT2D eigenvalue weighted by atomic mass is 9.79. The summed E-state index contributed by atoms with van der Waals surface area (Å²) in [4.78, 5) is 29.0. The van der Waals surface area contributed by atoms with Gasteiger partial charge in [-0.1, -0.05) is 47.4 Å². The second-order valence-corrected chi connectivity index (χ2v) is 13.1. The number of unbranched alkanes of at least 4 members (excludes halogenated alkanes) is 1. The van der Waals surface area contributed by atoms with Crippen LogP contribution in [0, 0.1) is 5.92 Å². The summed E-state index contributed by atoms with van der Waals surface area (Å²) < 4.78 is 17.3. The van der Waals surface area contributed by atoms with E-state index in [4.69, 9.17) is 14.2 Å². The molecular formula is C32H39NO7S2. The molecule has 0 saturated carbocycles. The predicted molar refractivity (Wildman–Crippen MR) is 167 cm³/mol. The number of nitrogens with one attached hydrogen (secondary N) is 1. The first-order chi connectivity index (χ1) is 20.3. The molecule has 0 aliphatic carbocycles. The van der Waals surface area contributed by atoms with Crippen LogP contribution in [0.15, 0.2) is 54.9 Å². The highest BCUT2D eigenvalue weighted by Crippen LogP contribution is 2.46. The highest BCUT2D eigenvalue weighted by Gasteiger charge is 2.35. The highest BCUT2D eigenvalue weighted by atomic mass is 33.1. The average Bonchev–Trinajstić information content (AvgIpc) is 3.48. The monoisotopic (exact) mass is 613 g/mol. The normalized spacial score (nSPS) is 21.7. The number of phenols is 2. The van der Waals surface area contributed by atoms with Crippen molar-refractivity contribution in [1.29, 1.82) is 0 Å². The maximum Gasteiger partial charge on any atom is 0.302 e. The fourth-order valence-electron chi connectivity index (χ4n) is 5.48. The van der Waals surface area contributed by atoms with Crippen LogP contribution in [0.2, 0.25) is 0 Å². The number of benzene rings is 2. The number of ether oxygens (including phenoxy) is 3. The molecule has 1 aliphatic heterocycles. The molecule has 226 valence electrons. The first-order valence-corrected chi connectivity index (χ1v) is 16.7. The number of aromatic nitrogens is 1. The molecule has 1 aliphatic rings. The van der Waals surface area contributed by atoms with Crippen molar-refractivity contribution >= 4 is 33.3 Å². The molecule has 8 nitrogen and oxygen atoms in total. The van der Waals surface area contributed by atoms with Gasteiger partial charge in [-0.2, -0.15) is 0 Å². The zero-order valence-corrected chi connectivity index (χ0v) is 25.8. The Balaban J connectivity index is 1.63. The van der Waals surface area contributed by atoms with Crippen LogP contribution in [0.1, 0.15) is 68.9 Å². The van der Waals surface area contributed by atoms with Crippen molar-refractivity contribution in [2.45, 2.75) is 63.9 Å². The topological polar surface area (TPSA) is 118 Å². The molecule has 4 rings (SSSR count). The number of Topliss-reactive ketones (excluding diaryl/α,β-unsaturated/α-hetero) is 1. The van der Waals surface area contributed by atoms with Gasteiger partial charge in [0.2, 0.25) is 5.75 Å². The number of phenolic OH excluding ortho intramolecular Hbond substituents is 2. The molecular weight excluding hydrogens is 574 g/mol. The fourth-order valence-corrected chi connectivity index (χ4v) is 8.25. The molecule has 4 atom stereocenters. The minimum absolute atomic E-state index is 0.00612. The van der Waals surface area contributed by atoms with Crippen molar-refractivity contribution < 1.29 is 34.0 Å². The number of aromatic hydroxyl groups is 2. The Kier molecular flexibility index (Phi) is 11.5. The molecule has 3 N–H and O–H groups in total. The molecule has 42 heavy (non-hydrogen) atoms. The summed E-state index contributed by atoms with van der Waals surface area (Å²) in [7, 11) is 4.94. The van der Waals surface area contributed by atoms with Crippen molar-refractivity contribution in [3.63, 3.8) is 0 Å². The summed E-state index contributed by atoms with van der Waals surface area (Å²) in [6.07, 6.45) is 6.61. The Morgan fingerprint density at radius 3 is 2.57 bits per heavy atom. The highest BCUT2D eigenvalue weighted by molar-refractivity contribution is 8.76. The molecule has 2 aromatic carbocycles. The minimum atomic E-state index is -0.521. The van der Waals surface area contributed by atoms with E-state index in [0.29, 0.717) is 17.3 Å². The Bertz CT molecular complexity index is 1330. The van der Waals surface area contributed by atoms with Gasteiger partial charge in [0.05, 0.1) is 7.11 Å². The number of carbonyl (C=O) groups excluding carboxylic acids is 2. The quantitative estimate of drug-likeness (QED) is 0.166. The number of esters is 1. The molecule has 0 radical (unpaired) electrons. The van der Waals surface area contributed by atoms with Crippen LogP contribution in [0.25, 0.3) is 0 Å². The molecule has 0 bridgehead atoms. The predicted octanol–water partition coefficient (Wildman–Crippen LogP) is 7.58. The number of hydrogen-bond donors (Lipinski definition) is 3. The zero-order chi connectivity index (χ0) is 30.1. The maximum atomic E-state index is 13.6. The van der Waals surface area contributed by atoms with E-state index in [1.807, 2.05) is 12.4 Å². The van der Waals surface area contributed by atoms with Gasteiger partial charge in [0.1, 0.15) is 23.4 Å². The van der Waals surface area contributed by atoms with Gasteiger partial charge in [-0.3, -0.25) is 9.59 Å². The van der Waals surface area contributed by atoms with Crippen LogP contribution in [-0.4, -0.2) is 51.7 Å². The summed E-state index contributed by atoms with van der Waals surface area (Å²) >= 11 is 0. The van der Waals surface area contributed by atoms with E-state index >= 15 is 0 Å². The van der Waals surface area contributed by atoms with Crippen molar-refractivity contribution in [3.8, 4) is 28.7 Å². The molecule has 0 spiro atoms. The van der Waals surface area contributed by atoms with E-state index in [0.717, 1.165) is 36.1 Å². The summed E-state index contributed by atoms with van der Waals surface area (Å²) in [5.41, 5.74) is 1.91. The van der Waals surface area contributed by atoms with Crippen LogP contribution >= 0.6 is 21.6 Å². The van der Waals surface area contributed by atoms with E-state index in [2.05, 4.69) is 18.0 Å². The second kappa shape index (κ2) is 15.3. The first-order valence-electron chi connectivity index (χ1n) is 14.2. The second-order valence-electron chi connectivity index (χ2n) is 10.6. The van der Waals surface area contributed by atoms with E-state index in [1.54, 1.807) is 45.9 Å². The van der Waals surface area contributed by atoms with Crippen molar-refractivity contribution in [2.75, 3.05) is 18.6 Å². The number of hydrogen-bond acceptors (Lipinski definition) is 9. The number of H-pyrrole nitrogens is 1. The molecule has 10 heteroatoms. The third-order valence-electron chi connectivity index (χ3n) is 7.54. The van der Waals surface area contributed by atoms with Crippen LogP contribution in [0.3, 0.4) is 0 Å². The van der Waals surface area contributed by atoms with E-state index in [1.165, 1.54) is 26.2 Å². The van der Waals surface area contributed by atoms with Crippen LogP contribution in [0.5, 0.6) is 28.7 Å². The third kappa shape index (κ3) is 8.41. The molecule has 2 heterocycles. The Hall–Kier alpha value is -3.24. The van der Waals surface area contributed by atoms with Gasteiger partial charge in [-0.05, 0) is 47.9 Å². The Labute approximate surface area is 254 Å². The summed E-state index contributed by atoms with van der Waals surface area (Å²) in [6, 6.07) is 11.7. The van der Waals surface area contributed by atoms with Gasteiger partial charge < -0.3 is 29.4 Å². The minimum Gasteiger partial charge on any atom is -0.508 e. The number of carbonyl (C=O) groups is 2. The molecule has 3 aromatic rings. The van der Waals surface area contributed by atoms with E-state index < -0.39 is 6.10 Å². The lowest BCUT2D eigenvalue weighted by Gasteiger charge is -2.33. The van der Waals surface area contributed by atoms with Crippen LogP contribution in [-0.2, 0) is 14.3 Å². The standard InChI is InChI=1S/C32H39NO7S2/c1-4-5-9-27-28(21-10-11-33-17-21)19-42-41-18-23(12-25(36)16-30(27)39-20(2)34)22-13-29(37)32(31(14-22)38-3)40-26-8-6-7-24(35)15-26/h6-8,10-11,13-15,17,23,27-28,30,33,35,37H,4-5,9,12,16,18-19H2,1-3H3/t23-,27+,28+,30+/m1/s1. The largest absolute Gasteiger partial charge is 0.508 e. The SMILES string of the molecule is CCCC[C@@H]1[C@@H](OC(C)=O)CC(=O)C[C@@H](c2cc(O)c(Oc3cccc(O)c3)c(OC)c2)CSSC[C@H]1c1cc[nH]c1. The molecule has 0 unspecified atom stereocenters. The smallest absolute Gasteiger partial charge is 0.302 e. The maximum absolute atomic E-state index is 13.6. The third-order valence-corrected chi connectivity index (χ3v) is 10.1. The van der Waals surface area contributed by atoms with Gasteiger partial charge in [-0.25, -0.2) is 0 Å². The van der Waals surface area contributed by atoms with Crippen molar-refractivity contribution in [1.82, 2.24) is 4.98 Å². The zero-order valence-electron chi connectivity index (χ0n) is 24.2. The van der Waals surface area contributed by atoms with E-state index in [-0.39, 0.29) is 59.6 Å². The number of rotatable bonds is 9. The fraction of sp³-hybridized carbons (Fsp3) is 0.438. The summed E-state index contributed by atoms with van der Waals surface area (Å²) in [5, 5.41) is 20.8. The summed E-state index contributed by atoms with van der Waals surface area (Å²) in [5.74, 6) is 1.69. The Morgan fingerprint density at radius 1 is 1.07 bits per heavy atom. The summed E-state index contributed by atoms with van der Waals surface area (Å²) in [6.45, 7) is 3.54. The Morgan fingerprint density at radius 2 is 1.88 bits per heavy atom. The van der Waals surface area contributed by atoms with Gasteiger partial charge in [0, 0.05) is 67.5 Å². The van der Waals surface area contributed by atoms with Gasteiger partial charge in [-0.15, -0.1) is 0 Å². The lowest BCUT2D eigenvalue weighted by molar-refractivity contribution is -0.151. The molecule has 1 saturated heterocycles. The van der Waals surface area contributed by atoms with Crippen molar-refractivity contribution in [2.24, 2.45) is 5.92 Å². The average molecular weight is 614 g/mol.